The van der Waals surface area contributed by atoms with Crippen LogP contribution in [0.25, 0.3) is 0 Å². The van der Waals surface area contributed by atoms with Crippen LogP contribution in [-0.4, -0.2) is 21.3 Å². The lowest BCUT2D eigenvalue weighted by Gasteiger charge is -2.03. The van der Waals surface area contributed by atoms with E-state index in [1.54, 1.807) is 6.08 Å². The highest BCUT2D eigenvalue weighted by molar-refractivity contribution is 5.84. The first-order valence-electron chi connectivity index (χ1n) is 11.3. The Bertz CT molecular complexity index is 463. The normalized spacial score (nSPS) is 12.8. The number of carbonyl (C=O) groups is 1. The average Bonchev–Trinajstić information content (AvgIpc) is 2.68. The molecule has 0 aliphatic rings. The molecule has 0 atom stereocenters. The number of allylic oxidation sites excluding steroid dienone is 4. The minimum absolute atomic E-state index is 0.635. The third kappa shape index (κ3) is 17.7. The van der Waals surface area contributed by atoms with Crippen molar-refractivity contribution < 1.29 is 20.1 Å². The van der Waals surface area contributed by atoms with Gasteiger partial charge in [0.1, 0.15) is 0 Å². The average molecular weight is 395 g/mol. The Hall–Kier alpha value is -1.71. The monoisotopic (exact) mass is 394 g/mol. The van der Waals surface area contributed by atoms with Gasteiger partial charge in [-0.2, -0.15) is 0 Å². The predicted octanol–water partition coefficient (Wildman–Crippen LogP) is 7.77. The van der Waals surface area contributed by atoms with Crippen molar-refractivity contribution in [2.24, 2.45) is 0 Å². The number of aliphatic hydroxyl groups is 2. The molecule has 3 N–H and O–H groups in total. The lowest BCUT2D eigenvalue weighted by atomic mass is 10.0. The van der Waals surface area contributed by atoms with E-state index in [1.807, 2.05) is 6.08 Å². The van der Waals surface area contributed by atoms with Crippen LogP contribution in [-0.2, 0) is 4.79 Å². The van der Waals surface area contributed by atoms with Crippen molar-refractivity contribution in [3.8, 4) is 0 Å². The SMILES string of the molecule is CCCCCCCCCCCCCCCCCC=CC=CC(O)=C(O)C(=O)O. The molecular weight excluding hydrogens is 352 g/mol. The maximum absolute atomic E-state index is 10.4. The van der Waals surface area contributed by atoms with E-state index in [-0.39, 0.29) is 0 Å². The smallest absolute Gasteiger partial charge is 0.374 e. The Morgan fingerprint density at radius 2 is 1.07 bits per heavy atom. The van der Waals surface area contributed by atoms with Gasteiger partial charge in [0, 0.05) is 0 Å². The van der Waals surface area contributed by atoms with E-state index in [9.17, 15) is 9.90 Å². The number of aliphatic hydroxyl groups excluding tert-OH is 2. The number of rotatable bonds is 19. The lowest BCUT2D eigenvalue weighted by Crippen LogP contribution is -2.02. The standard InChI is InChI=1S/C24H42O4/c1-2-3-4-5-6-7-8-9-10-11-12-13-14-15-16-17-18-19-20-21-22(25)23(26)24(27)28/h18-21,25-26H,2-17H2,1H3,(H,27,28). The Labute approximate surface area is 172 Å². The van der Waals surface area contributed by atoms with E-state index in [4.69, 9.17) is 10.2 Å². The molecule has 28 heavy (non-hydrogen) atoms. The number of aliphatic carboxylic acids is 1. The number of carboxylic acids is 1. The Morgan fingerprint density at radius 1 is 0.643 bits per heavy atom. The lowest BCUT2D eigenvalue weighted by molar-refractivity contribution is -0.135. The fourth-order valence-corrected chi connectivity index (χ4v) is 3.14. The zero-order valence-corrected chi connectivity index (χ0v) is 17.9. The summed E-state index contributed by atoms with van der Waals surface area (Å²) in [7, 11) is 0. The van der Waals surface area contributed by atoms with Gasteiger partial charge in [-0.25, -0.2) is 4.79 Å². The van der Waals surface area contributed by atoms with Crippen LogP contribution in [0.4, 0.5) is 0 Å². The van der Waals surface area contributed by atoms with Gasteiger partial charge in [0.15, 0.2) is 5.76 Å². The number of unbranched alkanes of at least 4 members (excludes halogenated alkanes) is 15. The molecule has 0 bridgehead atoms. The van der Waals surface area contributed by atoms with E-state index in [1.165, 1.54) is 102 Å². The van der Waals surface area contributed by atoms with Gasteiger partial charge in [-0.05, 0) is 18.9 Å². The molecule has 0 aromatic carbocycles. The van der Waals surface area contributed by atoms with E-state index in [0.29, 0.717) is 0 Å². The molecule has 0 amide bonds. The minimum Gasteiger partial charge on any atom is -0.504 e. The first kappa shape index (κ1) is 26.3. The second-order valence-corrected chi connectivity index (χ2v) is 7.56. The summed E-state index contributed by atoms with van der Waals surface area (Å²) in [5, 5.41) is 26.8. The number of hydrogen-bond acceptors (Lipinski definition) is 3. The maximum atomic E-state index is 10.4. The van der Waals surface area contributed by atoms with Gasteiger partial charge in [-0.1, -0.05) is 115 Å². The Morgan fingerprint density at radius 3 is 1.50 bits per heavy atom. The van der Waals surface area contributed by atoms with Gasteiger partial charge >= 0.3 is 5.97 Å². The first-order chi connectivity index (χ1) is 13.6. The summed E-state index contributed by atoms with van der Waals surface area (Å²) in [6.07, 6.45) is 27.8. The maximum Gasteiger partial charge on any atom is 0.374 e. The van der Waals surface area contributed by atoms with Crippen LogP contribution in [0.5, 0.6) is 0 Å². The highest BCUT2D eigenvalue weighted by Crippen LogP contribution is 2.13. The molecule has 0 saturated heterocycles. The van der Waals surface area contributed by atoms with Crippen molar-refractivity contribution in [1.82, 2.24) is 0 Å². The van der Waals surface area contributed by atoms with Gasteiger partial charge in [-0.3, -0.25) is 0 Å². The van der Waals surface area contributed by atoms with Crippen LogP contribution in [0.1, 0.15) is 110 Å². The van der Waals surface area contributed by atoms with Crippen LogP contribution < -0.4 is 0 Å². The minimum atomic E-state index is -1.54. The van der Waals surface area contributed by atoms with Gasteiger partial charge in [0.25, 0.3) is 0 Å². The summed E-state index contributed by atoms with van der Waals surface area (Å²) < 4.78 is 0. The zero-order valence-electron chi connectivity index (χ0n) is 17.9. The molecule has 0 aromatic heterocycles. The molecule has 0 aromatic rings. The summed E-state index contributed by atoms with van der Waals surface area (Å²) in [5.41, 5.74) is 0. The molecule has 0 rings (SSSR count). The molecule has 0 fully saturated rings. The van der Waals surface area contributed by atoms with E-state index < -0.39 is 17.5 Å². The van der Waals surface area contributed by atoms with E-state index in [0.717, 1.165) is 12.8 Å². The van der Waals surface area contributed by atoms with Crippen molar-refractivity contribution in [2.75, 3.05) is 0 Å². The van der Waals surface area contributed by atoms with Crippen LogP contribution in [0.2, 0.25) is 0 Å². The molecule has 0 aliphatic carbocycles. The molecule has 0 unspecified atom stereocenters. The molecular formula is C24H42O4. The molecule has 0 saturated carbocycles. The Kier molecular flexibility index (Phi) is 18.8. The van der Waals surface area contributed by atoms with Crippen molar-refractivity contribution in [1.29, 1.82) is 0 Å². The first-order valence-corrected chi connectivity index (χ1v) is 11.3. The molecule has 0 radical (unpaired) electrons. The summed E-state index contributed by atoms with van der Waals surface area (Å²) >= 11 is 0. The highest BCUT2D eigenvalue weighted by Gasteiger charge is 2.08. The molecule has 0 aliphatic heterocycles. The van der Waals surface area contributed by atoms with Crippen LogP contribution >= 0.6 is 0 Å². The predicted molar refractivity (Wildman–Crippen MR) is 118 cm³/mol. The molecule has 0 heterocycles. The molecule has 162 valence electrons. The van der Waals surface area contributed by atoms with Crippen LogP contribution in [0.3, 0.4) is 0 Å². The third-order valence-electron chi connectivity index (χ3n) is 4.92. The van der Waals surface area contributed by atoms with Crippen molar-refractivity contribution in [3.05, 3.63) is 35.8 Å². The number of hydrogen-bond donors (Lipinski definition) is 3. The van der Waals surface area contributed by atoms with E-state index in [2.05, 4.69) is 6.92 Å². The van der Waals surface area contributed by atoms with Crippen molar-refractivity contribution in [2.45, 2.75) is 110 Å². The number of carboxylic acid groups (broad SMARTS) is 1. The molecule has 4 heteroatoms. The van der Waals surface area contributed by atoms with Crippen molar-refractivity contribution >= 4 is 5.97 Å². The molecule has 4 nitrogen and oxygen atoms in total. The quantitative estimate of drug-likeness (QED) is 0.0904. The van der Waals surface area contributed by atoms with E-state index >= 15 is 0 Å². The van der Waals surface area contributed by atoms with Gasteiger partial charge < -0.3 is 15.3 Å². The van der Waals surface area contributed by atoms with Gasteiger partial charge in [0.2, 0.25) is 5.76 Å². The largest absolute Gasteiger partial charge is 0.504 e. The van der Waals surface area contributed by atoms with Gasteiger partial charge in [0.05, 0.1) is 0 Å². The summed E-state index contributed by atoms with van der Waals surface area (Å²) in [5.74, 6) is -3.21. The second-order valence-electron chi connectivity index (χ2n) is 7.56. The highest BCUT2D eigenvalue weighted by atomic mass is 16.4. The summed E-state index contributed by atoms with van der Waals surface area (Å²) in [6, 6.07) is 0. The van der Waals surface area contributed by atoms with Crippen LogP contribution in [0.15, 0.2) is 35.8 Å². The van der Waals surface area contributed by atoms with Crippen molar-refractivity contribution in [3.63, 3.8) is 0 Å². The Balaban J connectivity index is 3.36. The zero-order chi connectivity index (χ0) is 20.9. The summed E-state index contributed by atoms with van der Waals surface area (Å²) in [4.78, 5) is 10.4. The fraction of sp³-hybridized carbons (Fsp3) is 0.708. The fourth-order valence-electron chi connectivity index (χ4n) is 3.14. The topological polar surface area (TPSA) is 77.8 Å². The van der Waals surface area contributed by atoms with Gasteiger partial charge in [-0.15, -0.1) is 0 Å². The molecule has 0 spiro atoms. The van der Waals surface area contributed by atoms with Crippen LogP contribution in [0, 0.1) is 0 Å². The third-order valence-corrected chi connectivity index (χ3v) is 4.92. The summed E-state index contributed by atoms with van der Waals surface area (Å²) in [6.45, 7) is 2.27. The second kappa shape index (κ2) is 20.0.